The summed E-state index contributed by atoms with van der Waals surface area (Å²) in [6.45, 7) is 6.29. The molecule has 0 aromatic heterocycles. The van der Waals surface area contributed by atoms with Crippen LogP contribution in [0, 0.1) is 0 Å². The molecule has 1 aromatic rings. The lowest BCUT2D eigenvalue weighted by molar-refractivity contribution is 0.0907. The predicted octanol–water partition coefficient (Wildman–Crippen LogP) is 6.83. The molecule has 2 N–H and O–H groups in total. The van der Waals surface area contributed by atoms with Crippen LogP contribution >= 0.6 is 0 Å². The predicted molar refractivity (Wildman–Crippen MR) is 137 cm³/mol. The lowest BCUT2D eigenvalue weighted by atomic mass is 10.0. The summed E-state index contributed by atoms with van der Waals surface area (Å²) in [5, 5.41) is 2.57. The van der Waals surface area contributed by atoms with Crippen molar-refractivity contribution >= 4 is 16.2 Å². The maximum atomic E-state index is 12.3. The van der Waals surface area contributed by atoms with E-state index in [9.17, 15) is 13.2 Å². The van der Waals surface area contributed by atoms with Gasteiger partial charge in [-0.15, -0.1) is 0 Å². The van der Waals surface area contributed by atoms with E-state index in [1.165, 1.54) is 51.4 Å². The Kier molecular flexibility index (Phi) is 15.7. The number of nitrogens with one attached hydrogen (secondary N) is 1. The van der Waals surface area contributed by atoms with Crippen LogP contribution in [0.15, 0.2) is 24.3 Å². The molecule has 0 spiro atoms. The molecule has 0 aliphatic heterocycles. The third kappa shape index (κ3) is 15.9. The van der Waals surface area contributed by atoms with E-state index in [-0.39, 0.29) is 25.2 Å². The maximum Gasteiger partial charge on any atom is 0.407 e. The highest BCUT2D eigenvalue weighted by atomic mass is 32.2. The zero-order chi connectivity index (χ0) is 25.2. The highest BCUT2D eigenvalue weighted by molar-refractivity contribution is 7.85. The molecular weight excluding hydrogens is 454 g/mol. The van der Waals surface area contributed by atoms with Crippen LogP contribution in [0.2, 0.25) is 0 Å². The Hall–Kier alpha value is -1.80. The number of rotatable bonds is 19. The van der Waals surface area contributed by atoms with Crippen LogP contribution in [0.25, 0.3) is 0 Å². The van der Waals surface area contributed by atoms with Gasteiger partial charge in [-0.2, -0.15) is 8.42 Å². The van der Waals surface area contributed by atoms with Crippen LogP contribution in [0.3, 0.4) is 0 Å². The van der Waals surface area contributed by atoms with E-state index >= 15 is 0 Å². The average Bonchev–Trinajstić information content (AvgIpc) is 2.77. The number of alkyl carbamates (subject to hydrolysis) is 1. The summed E-state index contributed by atoms with van der Waals surface area (Å²) >= 11 is 0. The van der Waals surface area contributed by atoms with E-state index in [0.29, 0.717) is 0 Å². The zero-order valence-electron chi connectivity index (χ0n) is 21.3. The number of benzene rings is 1. The van der Waals surface area contributed by atoms with E-state index in [4.69, 9.17) is 14.0 Å². The largest absolute Gasteiger partial charge is 0.491 e. The highest BCUT2D eigenvalue weighted by Gasteiger charge is 2.17. The second-order valence-corrected chi connectivity index (χ2v) is 10.7. The van der Waals surface area contributed by atoms with Gasteiger partial charge in [0, 0.05) is 6.54 Å². The summed E-state index contributed by atoms with van der Waals surface area (Å²) < 4.78 is 41.8. The summed E-state index contributed by atoms with van der Waals surface area (Å²) in [7, 11) is -4.03. The van der Waals surface area contributed by atoms with Gasteiger partial charge in [-0.3, -0.25) is 4.55 Å². The fourth-order valence-electron chi connectivity index (χ4n) is 3.76. The maximum absolute atomic E-state index is 12.3. The van der Waals surface area contributed by atoms with Gasteiger partial charge in [-0.25, -0.2) is 4.79 Å². The second kappa shape index (κ2) is 17.6. The molecule has 0 radical (unpaired) electrons. The summed E-state index contributed by atoms with van der Waals surface area (Å²) in [5.41, 5.74) is 0.903. The van der Waals surface area contributed by atoms with E-state index in [0.717, 1.165) is 30.6 Å². The topological polar surface area (TPSA) is 102 Å². The van der Waals surface area contributed by atoms with Gasteiger partial charge in [0.15, 0.2) is 0 Å². The molecule has 34 heavy (non-hydrogen) atoms. The Labute approximate surface area is 206 Å². The van der Waals surface area contributed by atoms with Crippen molar-refractivity contribution < 1.29 is 27.2 Å². The highest BCUT2D eigenvalue weighted by Crippen LogP contribution is 2.27. The van der Waals surface area contributed by atoms with Gasteiger partial charge >= 0.3 is 6.09 Å². The number of carbonyl (C=O) groups is 1. The fraction of sp³-hybridized carbons (Fsp3) is 0.731. The second-order valence-electron chi connectivity index (χ2n) is 9.17. The molecule has 1 unspecified atom stereocenters. The third-order valence-electron chi connectivity index (χ3n) is 5.54. The van der Waals surface area contributed by atoms with Gasteiger partial charge in [-0.05, 0) is 50.8 Å². The van der Waals surface area contributed by atoms with Crippen molar-refractivity contribution in [1.82, 2.24) is 5.32 Å². The average molecular weight is 500 g/mol. The zero-order valence-corrected chi connectivity index (χ0v) is 22.1. The summed E-state index contributed by atoms with van der Waals surface area (Å²) in [6, 6.07) is 7.61. The number of hydrogen-bond donors (Lipinski definition) is 2. The first-order valence-electron chi connectivity index (χ1n) is 12.9. The number of carbonyl (C=O) groups excluding carboxylic acids is 1. The molecule has 196 valence electrons. The molecule has 0 heterocycles. The Morgan fingerprint density at radius 2 is 1.47 bits per heavy atom. The molecule has 1 rings (SSSR count). The Bertz CT molecular complexity index is 764. The third-order valence-corrected chi connectivity index (χ3v) is 6.35. The first-order chi connectivity index (χ1) is 16.2. The molecular formula is C26H45NO6S. The van der Waals surface area contributed by atoms with E-state index < -0.39 is 22.0 Å². The lowest BCUT2D eigenvalue weighted by Crippen LogP contribution is -2.28. The van der Waals surface area contributed by atoms with Gasteiger partial charge in [0.05, 0.1) is 11.9 Å². The summed E-state index contributed by atoms with van der Waals surface area (Å²) in [6.07, 6.45) is 12.3. The molecule has 0 aliphatic rings. The van der Waals surface area contributed by atoms with E-state index in [1.807, 2.05) is 38.1 Å². The Morgan fingerprint density at radius 3 is 2.00 bits per heavy atom. The summed E-state index contributed by atoms with van der Waals surface area (Å²) in [4.78, 5) is 12.3. The van der Waals surface area contributed by atoms with Gasteiger partial charge in [0.1, 0.15) is 11.9 Å². The van der Waals surface area contributed by atoms with Crippen molar-refractivity contribution in [3.63, 3.8) is 0 Å². The van der Waals surface area contributed by atoms with Gasteiger partial charge < -0.3 is 14.8 Å². The van der Waals surface area contributed by atoms with Crippen molar-refractivity contribution in [2.75, 3.05) is 12.3 Å². The molecule has 0 fully saturated rings. The van der Waals surface area contributed by atoms with Crippen LogP contribution in [-0.2, 0) is 14.9 Å². The Balaban J connectivity index is 2.50. The van der Waals surface area contributed by atoms with Crippen molar-refractivity contribution in [3.05, 3.63) is 29.8 Å². The standard InChI is InChI=1S/C26H45NO6S/c1-4-5-6-7-8-9-10-11-12-13-15-25(23-16-18-24(19-17-23)32-22(2)3)33-26(28)27-20-14-21-34(29,30)31/h16-19,22,25H,4-15,20-21H2,1-3H3,(H,27,28)(H,29,30,31). The fourth-order valence-corrected chi connectivity index (χ4v) is 4.27. The molecule has 0 bridgehead atoms. The van der Waals surface area contributed by atoms with Crippen molar-refractivity contribution in [3.8, 4) is 5.75 Å². The minimum absolute atomic E-state index is 0.0815. The molecule has 0 saturated heterocycles. The first kappa shape index (κ1) is 30.2. The Morgan fingerprint density at radius 1 is 0.912 bits per heavy atom. The van der Waals surface area contributed by atoms with Crippen LogP contribution < -0.4 is 10.1 Å². The van der Waals surface area contributed by atoms with E-state index in [1.54, 1.807) is 0 Å². The smallest absolute Gasteiger partial charge is 0.407 e. The van der Waals surface area contributed by atoms with Crippen molar-refractivity contribution in [2.24, 2.45) is 0 Å². The minimum atomic E-state index is -4.03. The number of ether oxygens (including phenoxy) is 2. The lowest BCUT2D eigenvalue weighted by Gasteiger charge is -2.19. The molecule has 1 atom stereocenters. The van der Waals surface area contributed by atoms with Crippen molar-refractivity contribution in [2.45, 2.75) is 110 Å². The molecule has 0 aliphatic carbocycles. The monoisotopic (exact) mass is 499 g/mol. The molecule has 1 amide bonds. The van der Waals surface area contributed by atoms with Crippen LogP contribution in [-0.4, -0.2) is 37.5 Å². The molecule has 1 aromatic carbocycles. The van der Waals surface area contributed by atoms with Crippen molar-refractivity contribution in [1.29, 1.82) is 0 Å². The molecule has 8 heteroatoms. The van der Waals surface area contributed by atoms with Crippen LogP contribution in [0.5, 0.6) is 5.75 Å². The SMILES string of the molecule is CCCCCCCCCCCCC(OC(=O)NCCCS(=O)(=O)O)c1ccc(OC(C)C)cc1. The molecule has 0 saturated carbocycles. The van der Waals surface area contributed by atoms with Gasteiger partial charge in [-0.1, -0.05) is 76.8 Å². The summed E-state index contributed by atoms with van der Waals surface area (Å²) in [5.74, 6) is 0.373. The normalized spacial score (nSPS) is 12.5. The quantitative estimate of drug-likeness (QED) is 0.160. The first-order valence-corrected chi connectivity index (χ1v) is 14.5. The van der Waals surface area contributed by atoms with Gasteiger partial charge in [0.2, 0.25) is 0 Å². The van der Waals surface area contributed by atoms with E-state index in [2.05, 4.69) is 12.2 Å². The van der Waals surface area contributed by atoms with Crippen LogP contribution in [0.1, 0.15) is 109 Å². The molecule has 7 nitrogen and oxygen atoms in total. The number of amides is 1. The number of hydrogen-bond acceptors (Lipinski definition) is 5. The number of unbranched alkanes of at least 4 members (excludes halogenated alkanes) is 9. The minimum Gasteiger partial charge on any atom is -0.491 e. The van der Waals surface area contributed by atoms with Crippen LogP contribution in [0.4, 0.5) is 4.79 Å². The van der Waals surface area contributed by atoms with Gasteiger partial charge in [0.25, 0.3) is 10.1 Å².